The molecule has 72 heavy (non-hydrogen) atoms. The largest absolute Gasteiger partial charge is 0.384 e. The number of hydrogen-bond donors (Lipinski definition) is 1. The third-order valence-corrected chi connectivity index (χ3v) is 18.7. The van der Waals surface area contributed by atoms with Crippen LogP contribution >= 0.6 is 23.8 Å². The summed E-state index contributed by atoms with van der Waals surface area (Å²) in [6.45, 7) is 0. The molecule has 357 valence electrons. The molecule has 1 radical (unpaired) electrons. The molecule has 0 saturated carbocycles. The third-order valence-electron chi connectivity index (χ3n) is 11.4. The van der Waals surface area contributed by atoms with E-state index in [1.54, 1.807) is 0 Å². The summed E-state index contributed by atoms with van der Waals surface area (Å²) in [5.41, 5.74) is 1.86. The van der Waals surface area contributed by atoms with Gasteiger partial charge in [0.2, 0.25) is 0 Å². The van der Waals surface area contributed by atoms with Gasteiger partial charge in [-0.1, -0.05) is 334 Å². The van der Waals surface area contributed by atoms with E-state index in [0.29, 0.717) is 0 Å². The maximum absolute atomic E-state index is 9.99. The van der Waals surface area contributed by atoms with E-state index in [0.717, 1.165) is 11.1 Å². The van der Waals surface area contributed by atoms with Crippen molar-refractivity contribution in [2.45, 2.75) is 6.10 Å². The SMILES string of the molecule is OC(c1ccccc1)c1ccccc1.[Cu].c1ccc(P(c2ccccc2)c2ccccc2)cc1.c1ccc(P(c2ccccc2)c2ccccc2)cc1.c1ccc(P(c2ccccc2)c2ccccc2)cc1. The van der Waals surface area contributed by atoms with E-state index < -0.39 is 29.9 Å². The van der Waals surface area contributed by atoms with Gasteiger partial charge in [0.15, 0.2) is 0 Å². The Balaban J connectivity index is 0.000000141. The Morgan fingerprint density at radius 1 is 0.181 bits per heavy atom. The van der Waals surface area contributed by atoms with Gasteiger partial charge in [0, 0.05) is 17.1 Å². The molecule has 0 atom stereocenters. The van der Waals surface area contributed by atoms with Crippen LogP contribution in [-0.4, -0.2) is 5.11 Å². The second kappa shape index (κ2) is 29.5. The number of hydrogen-bond acceptors (Lipinski definition) is 1. The van der Waals surface area contributed by atoms with Crippen LogP contribution in [0.5, 0.6) is 0 Å². The number of rotatable bonds is 11. The second-order valence-electron chi connectivity index (χ2n) is 16.3. The fraction of sp³-hybridized carbons (Fsp3) is 0.0149. The predicted octanol–water partition coefficient (Wildman–Crippen LogP) is 13.1. The van der Waals surface area contributed by atoms with Gasteiger partial charge < -0.3 is 5.11 Å². The molecule has 0 amide bonds. The number of aliphatic hydroxyl groups excluding tert-OH is 1. The van der Waals surface area contributed by atoms with Crippen molar-refractivity contribution in [3.63, 3.8) is 0 Å². The van der Waals surface area contributed by atoms with E-state index in [-0.39, 0.29) is 17.1 Å². The van der Waals surface area contributed by atoms with E-state index in [1.165, 1.54) is 47.7 Å². The van der Waals surface area contributed by atoms with Gasteiger partial charge in [0.25, 0.3) is 0 Å². The zero-order valence-electron chi connectivity index (χ0n) is 39.9. The second-order valence-corrected chi connectivity index (χ2v) is 22.9. The monoisotopic (exact) mass is 1030 g/mol. The number of aliphatic hydroxyl groups is 1. The van der Waals surface area contributed by atoms with Crippen molar-refractivity contribution < 1.29 is 22.2 Å². The molecule has 0 saturated heterocycles. The first-order chi connectivity index (χ1) is 35.2. The van der Waals surface area contributed by atoms with Gasteiger partial charge >= 0.3 is 0 Å². The molecule has 0 aliphatic heterocycles. The van der Waals surface area contributed by atoms with Gasteiger partial charge in [0.1, 0.15) is 6.10 Å². The first-order valence-electron chi connectivity index (χ1n) is 23.9. The van der Waals surface area contributed by atoms with Gasteiger partial charge in [-0.25, -0.2) is 0 Å². The molecular weight excluding hydrogens is 977 g/mol. The Bertz CT molecular complexity index is 2510. The van der Waals surface area contributed by atoms with Crippen LogP contribution in [0.3, 0.4) is 0 Å². The molecule has 0 aliphatic rings. The Morgan fingerprint density at radius 3 is 0.417 bits per heavy atom. The van der Waals surface area contributed by atoms with E-state index in [9.17, 15) is 5.11 Å². The van der Waals surface area contributed by atoms with Crippen LogP contribution < -0.4 is 47.7 Å². The Labute approximate surface area is 441 Å². The maximum Gasteiger partial charge on any atom is 0.104 e. The molecule has 0 heterocycles. The molecule has 0 fully saturated rings. The molecule has 5 heteroatoms. The topological polar surface area (TPSA) is 20.2 Å². The summed E-state index contributed by atoms with van der Waals surface area (Å²) < 4.78 is 0. The van der Waals surface area contributed by atoms with E-state index >= 15 is 0 Å². The van der Waals surface area contributed by atoms with Crippen molar-refractivity contribution in [2.75, 3.05) is 0 Å². The van der Waals surface area contributed by atoms with Crippen molar-refractivity contribution in [3.05, 3.63) is 345 Å². The summed E-state index contributed by atoms with van der Waals surface area (Å²) in [6, 6.07) is 116. The molecule has 0 aliphatic carbocycles. The van der Waals surface area contributed by atoms with Crippen molar-refractivity contribution >= 4 is 71.5 Å². The van der Waals surface area contributed by atoms with Gasteiger partial charge in [-0.3, -0.25) is 0 Å². The standard InChI is InChI=1S/3C18H15P.C13H12O.Cu/c3*1-4-10-16(11-5-1)19(17-12-6-2-7-13-17)18-14-8-3-9-15-18;14-13(11-7-3-1-4-8-11)12-9-5-2-6-10-12;/h3*1-15H;1-10,13-14H;. The van der Waals surface area contributed by atoms with Crippen molar-refractivity contribution in [3.8, 4) is 0 Å². The molecule has 1 nitrogen and oxygen atoms in total. The van der Waals surface area contributed by atoms with Gasteiger partial charge in [-0.15, -0.1) is 0 Å². The normalized spacial score (nSPS) is 10.4. The maximum atomic E-state index is 9.99. The molecular formula is C67H57CuOP3. The minimum atomic E-state index is -0.516. The van der Waals surface area contributed by atoms with Crippen molar-refractivity contribution in [1.82, 2.24) is 0 Å². The zero-order valence-corrected chi connectivity index (χ0v) is 43.5. The minimum absolute atomic E-state index is 0. The van der Waals surface area contributed by atoms with Crippen LogP contribution in [0, 0.1) is 0 Å². The summed E-state index contributed by atoms with van der Waals surface area (Å²) in [5.74, 6) is 0. The predicted molar refractivity (Wildman–Crippen MR) is 312 cm³/mol. The molecule has 11 aromatic rings. The Hall–Kier alpha value is -6.81. The molecule has 11 aromatic carbocycles. The zero-order chi connectivity index (χ0) is 48.6. The summed E-state index contributed by atoms with van der Waals surface area (Å²) >= 11 is 0. The minimum Gasteiger partial charge on any atom is -0.384 e. The third kappa shape index (κ3) is 15.6. The van der Waals surface area contributed by atoms with Crippen LogP contribution in [-0.2, 0) is 17.1 Å². The van der Waals surface area contributed by atoms with Crippen molar-refractivity contribution in [2.24, 2.45) is 0 Å². The summed E-state index contributed by atoms with van der Waals surface area (Å²) in [7, 11) is -1.34. The Morgan fingerprint density at radius 2 is 0.292 bits per heavy atom. The van der Waals surface area contributed by atoms with Gasteiger partial charge in [-0.2, -0.15) is 0 Å². The van der Waals surface area contributed by atoms with Crippen LogP contribution in [0.2, 0.25) is 0 Å². The van der Waals surface area contributed by atoms with E-state index in [4.69, 9.17) is 0 Å². The van der Waals surface area contributed by atoms with Crippen LogP contribution in [0.1, 0.15) is 17.2 Å². The fourth-order valence-corrected chi connectivity index (χ4v) is 14.9. The van der Waals surface area contributed by atoms with Crippen LogP contribution in [0.15, 0.2) is 334 Å². The number of benzene rings is 11. The molecule has 1 N–H and O–H groups in total. The quantitative estimate of drug-likeness (QED) is 0.101. The molecule has 0 bridgehead atoms. The summed E-state index contributed by atoms with van der Waals surface area (Å²) in [6.07, 6.45) is -0.516. The van der Waals surface area contributed by atoms with E-state index in [1.807, 2.05) is 60.7 Å². The molecule has 0 aromatic heterocycles. The first kappa shape index (κ1) is 53.0. The van der Waals surface area contributed by atoms with Gasteiger partial charge in [0.05, 0.1) is 0 Å². The fourth-order valence-electron chi connectivity index (χ4n) is 8.00. The smallest absolute Gasteiger partial charge is 0.104 e. The van der Waals surface area contributed by atoms with Crippen molar-refractivity contribution in [1.29, 1.82) is 0 Å². The molecule has 11 rings (SSSR count). The van der Waals surface area contributed by atoms with Crippen LogP contribution in [0.25, 0.3) is 0 Å². The van der Waals surface area contributed by atoms with E-state index in [2.05, 4.69) is 273 Å². The van der Waals surface area contributed by atoms with Crippen LogP contribution in [0.4, 0.5) is 0 Å². The van der Waals surface area contributed by atoms with Gasteiger partial charge in [-0.05, 0) is 82.6 Å². The first-order valence-corrected chi connectivity index (χ1v) is 27.9. The molecule has 0 unspecified atom stereocenters. The summed E-state index contributed by atoms with van der Waals surface area (Å²) in [4.78, 5) is 0. The Kier molecular flexibility index (Phi) is 21.7. The average molecular weight is 1030 g/mol. The molecule has 0 spiro atoms. The average Bonchev–Trinajstić information content (AvgIpc) is 3.47. The summed E-state index contributed by atoms with van der Waals surface area (Å²) in [5, 5.41) is 22.6.